The number of amides is 1. The van der Waals surface area contributed by atoms with E-state index in [1.807, 2.05) is 0 Å². The Morgan fingerprint density at radius 3 is 2.65 bits per heavy atom. The van der Waals surface area contributed by atoms with E-state index < -0.39 is 27.8 Å². The molecule has 4 N–H and O–H groups in total. The molecule has 0 bridgehead atoms. The van der Waals surface area contributed by atoms with Crippen LogP contribution in [0.25, 0.3) is 0 Å². The van der Waals surface area contributed by atoms with Gasteiger partial charge in [-0.1, -0.05) is 0 Å². The number of halogens is 1. The van der Waals surface area contributed by atoms with Crippen LogP contribution in [0.15, 0.2) is 23.1 Å². The number of sulfonamides is 1. The van der Waals surface area contributed by atoms with Crippen molar-refractivity contribution in [1.82, 2.24) is 10.0 Å². The number of hydrogen-bond acceptors (Lipinski definition) is 4. The summed E-state index contributed by atoms with van der Waals surface area (Å²) in [4.78, 5) is 11.4. The maximum absolute atomic E-state index is 13.3. The van der Waals surface area contributed by atoms with Gasteiger partial charge >= 0.3 is 0 Å². The minimum Gasteiger partial charge on any atom is -0.355 e. The van der Waals surface area contributed by atoms with E-state index in [9.17, 15) is 17.6 Å². The van der Waals surface area contributed by atoms with Crippen molar-refractivity contribution in [3.8, 4) is 0 Å². The van der Waals surface area contributed by atoms with E-state index in [-0.39, 0.29) is 17.0 Å². The topological polar surface area (TPSA) is 101 Å². The van der Waals surface area contributed by atoms with Gasteiger partial charge in [0.2, 0.25) is 15.9 Å². The molecule has 1 amide bonds. The van der Waals surface area contributed by atoms with Crippen molar-refractivity contribution < 1.29 is 17.6 Å². The molecule has 0 spiro atoms. The van der Waals surface area contributed by atoms with Crippen LogP contribution in [0.3, 0.4) is 0 Å². The zero-order valence-electron chi connectivity index (χ0n) is 11.3. The van der Waals surface area contributed by atoms with Crippen molar-refractivity contribution in [3.05, 3.63) is 29.6 Å². The van der Waals surface area contributed by atoms with Gasteiger partial charge in [-0.3, -0.25) is 4.79 Å². The third kappa shape index (κ3) is 3.99. The lowest BCUT2D eigenvalue weighted by molar-refractivity contribution is -0.122. The van der Waals surface area contributed by atoms with Crippen LogP contribution in [0.1, 0.15) is 19.4 Å². The molecule has 1 aromatic rings. The van der Waals surface area contributed by atoms with Gasteiger partial charge in [-0.2, -0.15) is 4.72 Å². The lowest BCUT2D eigenvalue weighted by Gasteiger charge is -2.14. The second-order valence-corrected chi connectivity index (χ2v) is 5.91. The molecular weight excluding hydrogens is 285 g/mol. The normalized spacial score (nSPS) is 13.0. The molecule has 1 rings (SSSR count). The van der Waals surface area contributed by atoms with Crippen molar-refractivity contribution in [1.29, 1.82) is 0 Å². The monoisotopic (exact) mass is 303 g/mol. The highest BCUT2D eigenvalue weighted by molar-refractivity contribution is 7.89. The van der Waals surface area contributed by atoms with Crippen LogP contribution >= 0.6 is 0 Å². The molecule has 1 aromatic carbocycles. The molecule has 1 unspecified atom stereocenters. The molecule has 112 valence electrons. The van der Waals surface area contributed by atoms with Crippen LogP contribution in [0.2, 0.25) is 0 Å². The molecule has 0 aliphatic rings. The summed E-state index contributed by atoms with van der Waals surface area (Å²) in [6.45, 7) is 3.45. The first-order valence-corrected chi connectivity index (χ1v) is 7.58. The second-order valence-electron chi connectivity index (χ2n) is 4.19. The number of hydrogen-bond donors (Lipinski definition) is 3. The number of benzene rings is 1. The molecule has 20 heavy (non-hydrogen) atoms. The Labute approximate surface area is 117 Å². The van der Waals surface area contributed by atoms with Crippen LogP contribution < -0.4 is 15.8 Å². The van der Waals surface area contributed by atoms with Crippen molar-refractivity contribution in [2.45, 2.75) is 31.3 Å². The third-order valence-electron chi connectivity index (χ3n) is 2.62. The molecule has 0 saturated heterocycles. The van der Waals surface area contributed by atoms with Crippen LogP contribution in [-0.4, -0.2) is 26.9 Å². The summed E-state index contributed by atoms with van der Waals surface area (Å²) < 4.78 is 39.7. The molecule has 1 atom stereocenters. The Morgan fingerprint density at radius 1 is 1.45 bits per heavy atom. The van der Waals surface area contributed by atoms with Gasteiger partial charge in [0.05, 0.1) is 10.9 Å². The largest absolute Gasteiger partial charge is 0.355 e. The SMILES string of the molecule is CCNC(=O)C(C)NS(=O)(=O)c1ccc(F)c(CN)c1. The van der Waals surface area contributed by atoms with Crippen molar-refractivity contribution in [3.63, 3.8) is 0 Å². The Morgan fingerprint density at radius 2 is 2.10 bits per heavy atom. The van der Waals surface area contributed by atoms with Crippen LogP contribution in [0, 0.1) is 5.82 Å². The van der Waals surface area contributed by atoms with Crippen molar-refractivity contribution in [2.75, 3.05) is 6.54 Å². The predicted octanol–water partition coefficient (Wildman–Crippen LogP) is 0.0873. The fraction of sp³-hybridized carbons (Fsp3) is 0.417. The summed E-state index contributed by atoms with van der Waals surface area (Å²) in [5, 5.41) is 2.51. The average Bonchev–Trinajstić information content (AvgIpc) is 2.38. The summed E-state index contributed by atoms with van der Waals surface area (Å²) in [5.41, 5.74) is 5.43. The summed E-state index contributed by atoms with van der Waals surface area (Å²) in [6.07, 6.45) is 0. The predicted molar refractivity (Wildman–Crippen MR) is 72.8 cm³/mol. The van der Waals surface area contributed by atoms with Gasteiger partial charge in [0, 0.05) is 18.7 Å². The van der Waals surface area contributed by atoms with Gasteiger partial charge in [-0.25, -0.2) is 12.8 Å². The molecule has 0 aliphatic heterocycles. The summed E-state index contributed by atoms with van der Waals surface area (Å²) >= 11 is 0. The van der Waals surface area contributed by atoms with E-state index in [1.165, 1.54) is 6.92 Å². The van der Waals surface area contributed by atoms with Gasteiger partial charge in [-0.15, -0.1) is 0 Å². The number of nitrogens with two attached hydrogens (primary N) is 1. The van der Waals surface area contributed by atoms with Gasteiger partial charge in [0.15, 0.2) is 0 Å². The second kappa shape index (κ2) is 6.78. The minimum atomic E-state index is -3.91. The molecular formula is C12H18FN3O3S. The maximum atomic E-state index is 13.3. The molecule has 8 heteroatoms. The molecule has 0 aromatic heterocycles. The van der Waals surface area contributed by atoms with E-state index >= 15 is 0 Å². The highest BCUT2D eigenvalue weighted by atomic mass is 32.2. The first-order valence-electron chi connectivity index (χ1n) is 6.10. The smallest absolute Gasteiger partial charge is 0.241 e. The van der Waals surface area contributed by atoms with Gasteiger partial charge in [0.25, 0.3) is 0 Å². The summed E-state index contributed by atoms with van der Waals surface area (Å²) in [6, 6.07) is 2.39. The maximum Gasteiger partial charge on any atom is 0.241 e. The quantitative estimate of drug-likeness (QED) is 0.693. The number of rotatable bonds is 6. The van der Waals surface area contributed by atoms with E-state index in [0.717, 1.165) is 18.2 Å². The fourth-order valence-corrected chi connectivity index (χ4v) is 2.81. The van der Waals surface area contributed by atoms with Crippen LogP contribution in [0.4, 0.5) is 4.39 Å². The molecule has 6 nitrogen and oxygen atoms in total. The Hall–Kier alpha value is -1.51. The number of likely N-dealkylation sites (N-methyl/N-ethyl adjacent to an activating group) is 1. The standard InChI is InChI=1S/C12H18FN3O3S/c1-3-15-12(17)8(2)16-20(18,19)10-4-5-11(13)9(6-10)7-14/h4-6,8,16H,3,7,14H2,1-2H3,(H,15,17). The number of carbonyl (C=O) groups excluding carboxylic acids is 1. The van der Waals surface area contributed by atoms with E-state index in [0.29, 0.717) is 6.54 Å². The lowest BCUT2D eigenvalue weighted by Crippen LogP contribution is -2.44. The highest BCUT2D eigenvalue weighted by Crippen LogP contribution is 2.15. The Balaban J connectivity index is 2.97. The van der Waals surface area contributed by atoms with Crippen LogP contribution in [-0.2, 0) is 21.4 Å². The molecule has 0 radical (unpaired) electrons. The van der Waals surface area contributed by atoms with Crippen molar-refractivity contribution >= 4 is 15.9 Å². The minimum absolute atomic E-state index is 0.0959. The van der Waals surface area contributed by atoms with E-state index in [4.69, 9.17) is 5.73 Å². The molecule has 0 aliphatic carbocycles. The summed E-state index contributed by atoms with van der Waals surface area (Å²) in [7, 11) is -3.91. The first kappa shape index (κ1) is 16.5. The third-order valence-corrected chi connectivity index (χ3v) is 4.16. The van der Waals surface area contributed by atoms with Crippen molar-refractivity contribution in [2.24, 2.45) is 5.73 Å². The Kier molecular flexibility index (Phi) is 5.61. The van der Waals surface area contributed by atoms with Gasteiger partial charge < -0.3 is 11.1 Å². The summed E-state index contributed by atoms with van der Waals surface area (Å²) in [5.74, 6) is -1.000. The van der Waals surface area contributed by atoms with Gasteiger partial charge in [0.1, 0.15) is 5.82 Å². The van der Waals surface area contributed by atoms with E-state index in [1.54, 1.807) is 6.92 Å². The van der Waals surface area contributed by atoms with Gasteiger partial charge in [-0.05, 0) is 32.0 Å². The number of nitrogens with one attached hydrogen (secondary N) is 2. The zero-order chi connectivity index (χ0) is 15.3. The average molecular weight is 303 g/mol. The molecule has 0 fully saturated rings. The highest BCUT2D eigenvalue weighted by Gasteiger charge is 2.22. The van der Waals surface area contributed by atoms with Crippen LogP contribution in [0.5, 0.6) is 0 Å². The first-order chi connectivity index (χ1) is 9.31. The fourth-order valence-electron chi connectivity index (χ4n) is 1.56. The Bertz CT molecular complexity index is 590. The zero-order valence-corrected chi connectivity index (χ0v) is 12.1. The van der Waals surface area contributed by atoms with E-state index in [2.05, 4.69) is 10.0 Å². The lowest BCUT2D eigenvalue weighted by atomic mass is 10.2. The molecule has 0 saturated carbocycles. The number of carbonyl (C=O) groups is 1. The molecule has 0 heterocycles.